The molecule has 3 aliphatic rings. The van der Waals surface area contributed by atoms with Crippen LogP contribution in [0.2, 0.25) is 0 Å². The molecule has 1 aromatic carbocycles. The van der Waals surface area contributed by atoms with E-state index in [1.54, 1.807) is 11.0 Å². The van der Waals surface area contributed by atoms with Gasteiger partial charge in [-0.3, -0.25) is 14.9 Å². The number of benzene rings is 1. The molecule has 5 rings (SSSR count). The number of aromatic nitrogens is 1. The maximum atomic E-state index is 14.6. The van der Waals surface area contributed by atoms with E-state index in [0.717, 1.165) is 32.1 Å². The SMILES string of the molecule is COc1ccc(F)c2[nH]c(C(=O)N3CC4(CCCCC4)CC3C(O)NC(C#N)CC3CC(C)(C)NC3=O)cc12. The fourth-order valence-electron chi connectivity index (χ4n) is 7.02. The molecule has 4 unspecified atom stereocenters. The Bertz CT molecular complexity index is 1290. The molecule has 2 amide bonds. The molecule has 1 aromatic heterocycles. The fourth-order valence-corrected chi connectivity index (χ4v) is 7.02. The molecule has 2 aromatic rings. The second kappa shape index (κ2) is 10.4. The molecule has 3 fully saturated rings. The van der Waals surface area contributed by atoms with Crippen LogP contribution in [0.5, 0.6) is 5.75 Å². The number of nitrogens with zero attached hydrogens (tertiary/aromatic N) is 2. The number of methoxy groups -OCH3 is 1. The lowest BCUT2D eigenvalue weighted by atomic mass is 9.72. The molecule has 210 valence electrons. The Kier molecular flexibility index (Phi) is 7.33. The second-order valence-corrected chi connectivity index (χ2v) is 12.3. The number of fused-ring (bicyclic) bond motifs is 1. The van der Waals surface area contributed by atoms with Crippen molar-refractivity contribution in [2.75, 3.05) is 13.7 Å². The quantitative estimate of drug-likeness (QED) is 0.398. The minimum atomic E-state index is -1.16. The van der Waals surface area contributed by atoms with Crippen molar-refractivity contribution >= 4 is 22.7 Å². The van der Waals surface area contributed by atoms with Crippen LogP contribution < -0.4 is 15.4 Å². The summed E-state index contributed by atoms with van der Waals surface area (Å²) in [4.78, 5) is 30.9. The van der Waals surface area contributed by atoms with E-state index >= 15 is 0 Å². The van der Waals surface area contributed by atoms with Gasteiger partial charge < -0.3 is 25.0 Å². The van der Waals surface area contributed by atoms with Crippen LogP contribution in [-0.4, -0.2) is 64.3 Å². The molecule has 2 saturated heterocycles. The molecule has 0 radical (unpaired) electrons. The van der Waals surface area contributed by atoms with E-state index in [1.807, 2.05) is 13.8 Å². The molecule has 4 atom stereocenters. The lowest BCUT2D eigenvalue weighted by Gasteiger charge is -2.33. The third-order valence-electron chi connectivity index (χ3n) is 8.88. The van der Waals surface area contributed by atoms with Crippen LogP contribution >= 0.6 is 0 Å². The van der Waals surface area contributed by atoms with Crippen LogP contribution in [0.25, 0.3) is 10.9 Å². The van der Waals surface area contributed by atoms with Crippen LogP contribution in [0, 0.1) is 28.5 Å². The monoisotopic (exact) mass is 539 g/mol. The highest BCUT2D eigenvalue weighted by Gasteiger charge is 2.49. The van der Waals surface area contributed by atoms with Gasteiger partial charge in [0.2, 0.25) is 5.91 Å². The third kappa shape index (κ3) is 5.35. The maximum Gasteiger partial charge on any atom is 0.270 e. The zero-order chi connectivity index (χ0) is 27.9. The zero-order valence-corrected chi connectivity index (χ0v) is 22.8. The molecular weight excluding hydrogens is 501 g/mol. The van der Waals surface area contributed by atoms with E-state index in [9.17, 15) is 24.3 Å². The molecule has 0 bridgehead atoms. The lowest BCUT2D eigenvalue weighted by Crippen LogP contribution is -2.52. The van der Waals surface area contributed by atoms with E-state index < -0.39 is 24.1 Å². The average molecular weight is 540 g/mol. The summed E-state index contributed by atoms with van der Waals surface area (Å²) >= 11 is 0. The summed E-state index contributed by atoms with van der Waals surface area (Å²) < 4.78 is 19.9. The van der Waals surface area contributed by atoms with E-state index in [2.05, 4.69) is 21.7 Å². The van der Waals surface area contributed by atoms with Crippen molar-refractivity contribution in [3.63, 3.8) is 0 Å². The highest BCUT2D eigenvalue weighted by molar-refractivity contribution is 6.00. The molecule has 2 aliphatic heterocycles. The zero-order valence-electron chi connectivity index (χ0n) is 22.8. The molecule has 1 saturated carbocycles. The van der Waals surface area contributed by atoms with Crippen LogP contribution in [-0.2, 0) is 4.79 Å². The van der Waals surface area contributed by atoms with Gasteiger partial charge in [-0.05, 0) is 69.6 Å². The van der Waals surface area contributed by atoms with Gasteiger partial charge >= 0.3 is 0 Å². The minimum absolute atomic E-state index is 0.0863. The summed E-state index contributed by atoms with van der Waals surface area (Å²) in [6.45, 7) is 4.39. The van der Waals surface area contributed by atoms with Crippen molar-refractivity contribution in [3.05, 3.63) is 29.7 Å². The summed E-state index contributed by atoms with van der Waals surface area (Å²) in [6.07, 6.45) is 5.56. The summed E-state index contributed by atoms with van der Waals surface area (Å²) in [6, 6.07) is 5.29. The first kappa shape index (κ1) is 27.4. The highest BCUT2D eigenvalue weighted by atomic mass is 19.1. The molecule has 39 heavy (non-hydrogen) atoms. The Hall–Kier alpha value is -3.16. The van der Waals surface area contributed by atoms with Crippen LogP contribution in [0.1, 0.15) is 75.7 Å². The summed E-state index contributed by atoms with van der Waals surface area (Å²) in [5.74, 6) is -0.764. The van der Waals surface area contributed by atoms with Crippen molar-refractivity contribution in [1.82, 2.24) is 20.5 Å². The number of nitriles is 1. The average Bonchev–Trinajstić information content (AvgIpc) is 3.58. The Morgan fingerprint density at radius 3 is 2.69 bits per heavy atom. The van der Waals surface area contributed by atoms with Crippen molar-refractivity contribution < 1.29 is 23.8 Å². The Labute approximate surface area is 228 Å². The van der Waals surface area contributed by atoms with E-state index in [4.69, 9.17) is 4.74 Å². The number of halogens is 1. The van der Waals surface area contributed by atoms with Crippen molar-refractivity contribution in [2.24, 2.45) is 11.3 Å². The first-order valence-electron chi connectivity index (χ1n) is 13.9. The van der Waals surface area contributed by atoms with Gasteiger partial charge in [0.05, 0.1) is 30.8 Å². The second-order valence-electron chi connectivity index (χ2n) is 12.3. The first-order valence-corrected chi connectivity index (χ1v) is 13.9. The molecular formula is C29H38FN5O4. The summed E-state index contributed by atoms with van der Waals surface area (Å²) in [7, 11) is 1.49. The molecule has 1 aliphatic carbocycles. The number of ether oxygens (including phenoxy) is 1. The smallest absolute Gasteiger partial charge is 0.270 e. The Morgan fingerprint density at radius 2 is 2.05 bits per heavy atom. The van der Waals surface area contributed by atoms with Gasteiger partial charge in [0.1, 0.15) is 23.5 Å². The number of amides is 2. The van der Waals surface area contributed by atoms with Crippen molar-refractivity contribution in [3.8, 4) is 11.8 Å². The predicted molar refractivity (Wildman–Crippen MR) is 143 cm³/mol. The Balaban J connectivity index is 1.39. The third-order valence-corrected chi connectivity index (χ3v) is 8.88. The number of aliphatic hydroxyl groups is 1. The first-order chi connectivity index (χ1) is 18.5. The molecule has 10 heteroatoms. The van der Waals surface area contributed by atoms with Gasteiger partial charge in [-0.25, -0.2) is 4.39 Å². The van der Waals surface area contributed by atoms with Crippen LogP contribution in [0.15, 0.2) is 18.2 Å². The predicted octanol–water partition coefficient (Wildman–Crippen LogP) is 3.59. The number of rotatable bonds is 7. The van der Waals surface area contributed by atoms with Gasteiger partial charge in [-0.1, -0.05) is 19.3 Å². The van der Waals surface area contributed by atoms with E-state index in [1.165, 1.54) is 19.2 Å². The number of carbonyl (C=O) groups is 2. The number of hydrogen-bond donors (Lipinski definition) is 4. The number of H-pyrrole nitrogens is 1. The number of aliphatic hydroxyl groups excluding tert-OH is 1. The van der Waals surface area contributed by atoms with Gasteiger partial charge in [0, 0.05) is 23.4 Å². The van der Waals surface area contributed by atoms with E-state index in [-0.39, 0.29) is 46.3 Å². The van der Waals surface area contributed by atoms with E-state index in [0.29, 0.717) is 30.5 Å². The summed E-state index contributed by atoms with van der Waals surface area (Å²) in [5, 5.41) is 27.7. The van der Waals surface area contributed by atoms with Crippen LogP contribution in [0.3, 0.4) is 0 Å². The van der Waals surface area contributed by atoms with Gasteiger partial charge in [-0.15, -0.1) is 0 Å². The molecule has 4 N–H and O–H groups in total. The number of hydrogen-bond acceptors (Lipinski definition) is 6. The molecule has 3 heterocycles. The number of aromatic amines is 1. The largest absolute Gasteiger partial charge is 0.496 e. The fraction of sp³-hybridized carbons (Fsp3) is 0.621. The Morgan fingerprint density at radius 1 is 1.31 bits per heavy atom. The normalized spacial score (nSPS) is 25.4. The standard InChI is InChI=1S/C29H38FN5O4/c1-28(2)13-17(25(36)34-28)11-18(15-31)32-26(37)22-14-29(9-5-4-6-10-29)16-35(22)27(38)21-12-19-23(39-3)8-7-20(30)24(19)33-21/h7-8,12,17-18,22,26,32-33,37H,4-6,9-11,13-14,16H2,1-3H3,(H,34,36). The van der Waals surface area contributed by atoms with Crippen LogP contribution in [0.4, 0.5) is 4.39 Å². The van der Waals surface area contributed by atoms with Gasteiger partial charge in [0.25, 0.3) is 5.91 Å². The molecule has 9 nitrogen and oxygen atoms in total. The van der Waals surface area contributed by atoms with Crippen molar-refractivity contribution in [2.45, 2.75) is 89.1 Å². The lowest BCUT2D eigenvalue weighted by molar-refractivity contribution is -0.123. The maximum absolute atomic E-state index is 14.6. The van der Waals surface area contributed by atoms with Gasteiger partial charge in [-0.2, -0.15) is 5.26 Å². The minimum Gasteiger partial charge on any atom is -0.496 e. The summed E-state index contributed by atoms with van der Waals surface area (Å²) in [5.41, 5.74) is -0.0142. The topological polar surface area (TPSA) is 130 Å². The number of likely N-dealkylation sites (tertiary alicyclic amines) is 1. The highest BCUT2D eigenvalue weighted by Crippen LogP contribution is 2.47. The molecule has 1 spiro atoms. The number of nitrogens with one attached hydrogen (secondary N) is 3. The van der Waals surface area contributed by atoms with Crippen molar-refractivity contribution in [1.29, 1.82) is 5.26 Å². The van der Waals surface area contributed by atoms with Gasteiger partial charge in [0.15, 0.2) is 0 Å². The number of carbonyl (C=O) groups excluding carboxylic acids is 2.